The number of sulfonamides is 1. The minimum atomic E-state index is -3.95. The molecule has 1 aliphatic rings. The van der Waals surface area contributed by atoms with Crippen LogP contribution in [0.1, 0.15) is 29.6 Å². The first kappa shape index (κ1) is 19.2. The molecule has 0 unspecified atom stereocenters. The van der Waals surface area contributed by atoms with Crippen LogP contribution in [0.15, 0.2) is 47.4 Å². The predicted octanol–water partition coefficient (Wildman–Crippen LogP) is 3.86. The third-order valence-electron chi connectivity index (χ3n) is 4.23. The molecule has 2 aromatic rings. The molecule has 3 rings (SSSR count). The molecular formula is C18H18FIN2O3S. The van der Waals surface area contributed by atoms with Gasteiger partial charge in [-0.15, -0.1) is 0 Å². The lowest BCUT2D eigenvalue weighted by Crippen LogP contribution is -2.36. The first-order valence-electron chi connectivity index (χ1n) is 8.24. The van der Waals surface area contributed by atoms with E-state index in [4.69, 9.17) is 0 Å². The summed E-state index contributed by atoms with van der Waals surface area (Å²) in [6.45, 7) is 0.752. The lowest BCUT2D eigenvalue weighted by Gasteiger charge is -2.26. The summed E-state index contributed by atoms with van der Waals surface area (Å²) in [5.41, 5.74) is 0.681. The fourth-order valence-electron chi connectivity index (χ4n) is 2.82. The molecule has 1 saturated heterocycles. The van der Waals surface area contributed by atoms with Gasteiger partial charge in [-0.1, -0.05) is 6.42 Å². The van der Waals surface area contributed by atoms with Gasteiger partial charge in [0.2, 0.25) is 10.0 Å². The average Bonchev–Trinajstić information content (AvgIpc) is 2.64. The van der Waals surface area contributed by atoms with E-state index in [2.05, 4.69) is 27.9 Å². The number of nitrogens with one attached hydrogen (secondary N) is 1. The van der Waals surface area contributed by atoms with Crippen molar-refractivity contribution in [3.8, 4) is 0 Å². The number of nitrogens with zero attached hydrogens (tertiary/aromatic N) is 1. The van der Waals surface area contributed by atoms with E-state index in [1.54, 1.807) is 12.1 Å². The molecule has 138 valence electrons. The van der Waals surface area contributed by atoms with E-state index >= 15 is 0 Å². The second kappa shape index (κ2) is 8.01. The molecule has 2 aromatic carbocycles. The number of rotatable bonds is 4. The number of anilines is 1. The molecule has 0 saturated carbocycles. The van der Waals surface area contributed by atoms with Gasteiger partial charge >= 0.3 is 0 Å². The normalized spacial score (nSPS) is 15.6. The molecule has 1 fully saturated rings. The Kier molecular flexibility index (Phi) is 5.93. The topological polar surface area (TPSA) is 66.5 Å². The molecule has 0 aromatic heterocycles. The molecule has 0 spiro atoms. The van der Waals surface area contributed by atoms with Crippen molar-refractivity contribution in [2.24, 2.45) is 0 Å². The van der Waals surface area contributed by atoms with Gasteiger partial charge in [-0.25, -0.2) is 12.8 Å². The maximum Gasteiger partial charge on any atom is 0.255 e. The fourth-order valence-corrected chi connectivity index (χ4v) is 4.79. The first-order valence-corrected chi connectivity index (χ1v) is 10.8. The minimum Gasteiger partial charge on any atom is -0.322 e. The highest BCUT2D eigenvalue weighted by Crippen LogP contribution is 2.24. The molecular weight excluding hydrogens is 470 g/mol. The van der Waals surface area contributed by atoms with Crippen molar-refractivity contribution in [3.63, 3.8) is 0 Å². The van der Waals surface area contributed by atoms with Gasteiger partial charge in [-0.05, 0) is 77.9 Å². The van der Waals surface area contributed by atoms with Gasteiger partial charge in [0.15, 0.2) is 0 Å². The van der Waals surface area contributed by atoms with Crippen molar-refractivity contribution in [1.29, 1.82) is 0 Å². The van der Waals surface area contributed by atoms with Crippen LogP contribution >= 0.6 is 22.6 Å². The van der Waals surface area contributed by atoms with Gasteiger partial charge in [0.25, 0.3) is 5.91 Å². The van der Waals surface area contributed by atoms with Gasteiger partial charge in [0.1, 0.15) is 10.7 Å². The number of halogens is 2. The summed E-state index contributed by atoms with van der Waals surface area (Å²) in [5, 5.41) is 2.69. The predicted molar refractivity (Wildman–Crippen MR) is 106 cm³/mol. The summed E-state index contributed by atoms with van der Waals surface area (Å²) in [7, 11) is -3.95. The zero-order chi connectivity index (χ0) is 18.7. The van der Waals surface area contributed by atoms with E-state index in [1.165, 1.54) is 10.4 Å². The van der Waals surface area contributed by atoms with Crippen molar-refractivity contribution in [1.82, 2.24) is 4.31 Å². The van der Waals surface area contributed by atoms with Gasteiger partial charge in [0.05, 0.1) is 0 Å². The van der Waals surface area contributed by atoms with Crippen molar-refractivity contribution in [2.45, 2.75) is 24.2 Å². The van der Waals surface area contributed by atoms with E-state index in [0.29, 0.717) is 18.8 Å². The Labute approximate surface area is 165 Å². The Morgan fingerprint density at radius 1 is 1.04 bits per heavy atom. The highest BCUT2D eigenvalue weighted by atomic mass is 127. The lowest BCUT2D eigenvalue weighted by atomic mass is 10.2. The van der Waals surface area contributed by atoms with Crippen molar-refractivity contribution >= 4 is 44.2 Å². The van der Waals surface area contributed by atoms with Crippen molar-refractivity contribution in [3.05, 3.63) is 57.4 Å². The maximum absolute atomic E-state index is 14.2. The first-order chi connectivity index (χ1) is 12.4. The van der Waals surface area contributed by atoms with Crippen LogP contribution in [-0.4, -0.2) is 31.7 Å². The van der Waals surface area contributed by atoms with Crippen LogP contribution in [0, 0.1) is 9.39 Å². The standard InChI is InChI=1S/C18H18FIN2O3S/c19-16-9-4-13(18(23)21-15-7-5-14(20)6-8-15)12-17(16)26(24,25)22-10-2-1-3-11-22/h4-9,12H,1-3,10-11H2,(H,21,23). The largest absolute Gasteiger partial charge is 0.322 e. The Balaban J connectivity index is 1.87. The smallest absolute Gasteiger partial charge is 0.255 e. The van der Waals surface area contributed by atoms with Crippen LogP contribution in [0.2, 0.25) is 0 Å². The molecule has 0 bridgehead atoms. The molecule has 1 heterocycles. The quantitative estimate of drug-likeness (QED) is 0.665. The molecule has 0 aliphatic carbocycles. The van der Waals surface area contributed by atoms with Gasteiger partial charge in [-0.3, -0.25) is 4.79 Å². The number of carbonyl (C=O) groups excluding carboxylic acids is 1. The molecule has 1 aliphatic heterocycles. The minimum absolute atomic E-state index is 0.0977. The van der Waals surface area contributed by atoms with E-state index < -0.39 is 26.6 Å². The monoisotopic (exact) mass is 488 g/mol. The van der Waals surface area contributed by atoms with Crippen LogP contribution in [0.5, 0.6) is 0 Å². The van der Waals surface area contributed by atoms with Crippen molar-refractivity contribution < 1.29 is 17.6 Å². The molecule has 1 N–H and O–H groups in total. The third-order valence-corrected chi connectivity index (χ3v) is 6.86. The van der Waals surface area contributed by atoms with E-state index in [1.807, 2.05) is 12.1 Å². The number of carbonyl (C=O) groups is 1. The van der Waals surface area contributed by atoms with Gasteiger partial charge < -0.3 is 5.32 Å². The number of piperidine rings is 1. The summed E-state index contributed by atoms with van der Waals surface area (Å²) in [4.78, 5) is 12.0. The molecule has 26 heavy (non-hydrogen) atoms. The van der Waals surface area contributed by atoms with Crippen LogP contribution in [0.4, 0.5) is 10.1 Å². The van der Waals surface area contributed by atoms with E-state index in [-0.39, 0.29) is 5.56 Å². The van der Waals surface area contributed by atoms with Crippen LogP contribution in [0.3, 0.4) is 0 Å². The Morgan fingerprint density at radius 2 is 1.69 bits per heavy atom. The molecule has 0 atom stereocenters. The molecule has 5 nitrogen and oxygen atoms in total. The Hall–Kier alpha value is -1.52. The Bertz CT molecular complexity index is 911. The van der Waals surface area contributed by atoms with E-state index in [9.17, 15) is 17.6 Å². The second-order valence-electron chi connectivity index (χ2n) is 6.07. The summed E-state index contributed by atoms with van der Waals surface area (Å²) in [6.07, 6.45) is 2.48. The average molecular weight is 488 g/mol. The maximum atomic E-state index is 14.2. The summed E-state index contributed by atoms with van der Waals surface area (Å²) < 4.78 is 42.0. The zero-order valence-electron chi connectivity index (χ0n) is 13.9. The molecule has 0 radical (unpaired) electrons. The number of hydrogen-bond donors (Lipinski definition) is 1. The SMILES string of the molecule is O=C(Nc1ccc(I)cc1)c1ccc(F)c(S(=O)(=O)N2CCCCC2)c1. The zero-order valence-corrected chi connectivity index (χ0v) is 16.9. The number of amides is 1. The summed E-state index contributed by atoms with van der Waals surface area (Å²) in [6, 6.07) is 10.6. The van der Waals surface area contributed by atoms with Crippen molar-refractivity contribution in [2.75, 3.05) is 18.4 Å². The van der Waals surface area contributed by atoms with E-state index in [0.717, 1.165) is 35.0 Å². The van der Waals surface area contributed by atoms with Crippen LogP contribution in [0.25, 0.3) is 0 Å². The lowest BCUT2D eigenvalue weighted by molar-refractivity contribution is 0.102. The van der Waals surface area contributed by atoms with Crippen LogP contribution < -0.4 is 5.32 Å². The highest BCUT2D eigenvalue weighted by Gasteiger charge is 2.29. The summed E-state index contributed by atoms with van der Waals surface area (Å²) in [5.74, 6) is -1.33. The van der Waals surface area contributed by atoms with Crippen LogP contribution in [-0.2, 0) is 10.0 Å². The number of benzene rings is 2. The van der Waals surface area contributed by atoms with Gasteiger partial charge in [-0.2, -0.15) is 4.31 Å². The Morgan fingerprint density at radius 3 is 2.35 bits per heavy atom. The molecule has 1 amide bonds. The molecule has 8 heteroatoms. The third kappa shape index (κ3) is 4.24. The number of hydrogen-bond acceptors (Lipinski definition) is 3. The van der Waals surface area contributed by atoms with Gasteiger partial charge in [0, 0.05) is 27.9 Å². The summed E-state index contributed by atoms with van der Waals surface area (Å²) >= 11 is 2.15. The second-order valence-corrected chi connectivity index (χ2v) is 9.22. The fraction of sp³-hybridized carbons (Fsp3) is 0.278. The highest BCUT2D eigenvalue weighted by molar-refractivity contribution is 14.1.